The molecule has 36 heavy (non-hydrogen) atoms. The normalized spacial score (nSPS) is 16.5. The number of nitrogens with zero attached hydrogens (tertiary/aromatic N) is 2. The third-order valence-corrected chi connectivity index (χ3v) is 6.66. The highest BCUT2D eigenvalue weighted by molar-refractivity contribution is 9.09. The molecule has 0 saturated heterocycles. The van der Waals surface area contributed by atoms with Gasteiger partial charge in [-0.25, -0.2) is 4.79 Å². The fourth-order valence-electron chi connectivity index (χ4n) is 4.35. The molecule has 2 amide bonds. The van der Waals surface area contributed by atoms with E-state index in [1.165, 1.54) is 18.1 Å². The molecule has 8 nitrogen and oxygen atoms in total. The standard InChI is InChI=1S/C27H29BrN2O6/c1-4-10-36-27(32)30-17-20-12-19(18-7-5-8-21(13-18)33-2)16-29(20)26(31)22-14-24(34-3)25(15-23(22)30)35-11-6-9-28/h4-5,7-8,13-16,20H,1,6,9-12,17H2,2-3H3/t20-/m0/s1. The summed E-state index contributed by atoms with van der Waals surface area (Å²) in [7, 11) is 3.14. The summed E-state index contributed by atoms with van der Waals surface area (Å²) < 4.78 is 22.2. The molecule has 0 spiro atoms. The van der Waals surface area contributed by atoms with Crippen molar-refractivity contribution in [2.75, 3.05) is 44.2 Å². The summed E-state index contributed by atoms with van der Waals surface area (Å²) in [6.45, 7) is 4.40. The lowest BCUT2D eigenvalue weighted by Crippen LogP contribution is -2.41. The van der Waals surface area contributed by atoms with Gasteiger partial charge in [-0.3, -0.25) is 9.69 Å². The summed E-state index contributed by atoms with van der Waals surface area (Å²) in [5.74, 6) is 1.39. The van der Waals surface area contributed by atoms with Crippen molar-refractivity contribution in [2.45, 2.75) is 18.9 Å². The molecule has 0 bridgehead atoms. The number of ether oxygens (including phenoxy) is 4. The summed E-state index contributed by atoms with van der Waals surface area (Å²) in [4.78, 5) is 30.1. The Hall–Kier alpha value is -3.46. The van der Waals surface area contributed by atoms with E-state index < -0.39 is 6.09 Å². The average Bonchev–Trinajstić information content (AvgIpc) is 3.29. The van der Waals surface area contributed by atoms with Gasteiger partial charge in [0.2, 0.25) is 0 Å². The van der Waals surface area contributed by atoms with E-state index in [-0.39, 0.29) is 25.1 Å². The van der Waals surface area contributed by atoms with Crippen LogP contribution in [0.1, 0.15) is 28.8 Å². The predicted molar refractivity (Wildman–Crippen MR) is 141 cm³/mol. The topological polar surface area (TPSA) is 77.5 Å². The molecule has 2 aromatic carbocycles. The maximum Gasteiger partial charge on any atom is 0.414 e. The number of halogens is 1. The summed E-state index contributed by atoms with van der Waals surface area (Å²) in [5.41, 5.74) is 2.71. The highest BCUT2D eigenvalue weighted by Crippen LogP contribution is 2.41. The minimum atomic E-state index is -0.558. The number of carbonyl (C=O) groups excluding carboxylic acids is 2. The van der Waals surface area contributed by atoms with Gasteiger partial charge in [-0.15, -0.1) is 0 Å². The number of carbonyl (C=O) groups is 2. The molecule has 0 saturated carbocycles. The smallest absolute Gasteiger partial charge is 0.414 e. The number of hydrogen-bond acceptors (Lipinski definition) is 6. The van der Waals surface area contributed by atoms with Gasteiger partial charge in [-0.2, -0.15) is 0 Å². The van der Waals surface area contributed by atoms with Crippen molar-refractivity contribution in [1.82, 2.24) is 4.90 Å². The van der Waals surface area contributed by atoms with E-state index in [1.54, 1.807) is 24.1 Å². The van der Waals surface area contributed by atoms with E-state index in [0.717, 1.165) is 28.6 Å². The molecule has 1 atom stereocenters. The Morgan fingerprint density at radius 3 is 2.75 bits per heavy atom. The van der Waals surface area contributed by atoms with Gasteiger partial charge >= 0.3 is 6.09 Å². The second kappa shape index (κ2) is 11.5. The largest absolute Gasteiger partial charge is 0.497 e. The third kappa shape index (κ3) is 5.21. The van der Waals surface area contributed by atoms with Crippen LogP contribution < -0.4 is 19.1 Å². The first-order chi connectivity index (χ1) is 17.5. The Bertz CT molecular complexity index is 1180. The van der Waals surface area contributed by atoms with Crippen LogP contribution in [0.25, 0.3) is 5.57 Å². The summed E-state index contributed by atoms with van der Waals surface area (Å²) in [5, 5.41) is 0.789. The highest BCUT2D eigenvalue weighted by atomic mass is 79.9. The van der Waals surface area contributed by atoms with Crippen LogP contribution in [0.2, 0.25) is 0 Å². The van der Waals surface area contributed by atoms with Crippen LogP contribution in [-0.4, -0.2) is 62.3 Å². The third-order valence-electron chi connectivity index (χ3n) is 6.10. The average molecular weight is 557 g/mol. The monoisotopic (exact) mass is 556 g/mol. The molecule has 2 aliphatic heterocycles. The van der Waals surface area contributed by atoms with Gasteiger partial charge in [0.05, 0.1) is 44.7 Å². The molecule has 0 unspecified atom stereocenters. The predicted octanol–water partition coefficient (Wildman–Crippen LogP) is 5.27. The lowest BCUT2D eigenvalue weighted by molar-refractivity contribution is 0.0794. The molecule has 2 aromatic rings. The molecule has 4 rings (SSSR count). The Labute approximate surface area is 219 Å². The van der Waals surface area contributed by atoms with Crippen molar-refractivity contribution in [1.29, 1.82) is 0 Å². The van der Waals surface area contributed by atoms with Crippen LogP contribution >= 0.6 is 15.9 Å². The van der Waals surface area contributed by atoms with E-state index in [2.05, 4.69) is 22.5 Å². The van der Waals surface area contributed by atoms with Crippen LogP contribution in [0, 0.1) is 0 Å². The first kappa shape index (κ1) is 25.6. The number of methoxy groups -OCH3 is 2. The van der Waals surface area contributed by atoms with E-state index in [1.807, 2.05) is 30.5 Å². The van der Waals surface area contributed by atoms with Crippen LogP contribution in [0.5, 0.6) is 17.2 Å². The highest BCUT2D eigenvalue weighted by Gasteiger charge is 2.40. The second-order valence-corrected chi connectivity index (χ2v) is 9.14. The zero-order valence-electron chi connectivity index (χ0n) is 20.4. The molecule has 2 aliphatic rings. The van der Waals surface area contributed by atoms with Crippen molar-refractivity contribution in [3.05, 3.63) is 66.4 Å². The number of hydrogen-bond donors (Lipinski definition) is 0. The number of alkyl halides is 1. The van der Waals surface area contributed by atoms with Crippen molar-refractivity contribution in [2.24, 2.45) is 0 Å². The maximum absolute atomic E-state index is 13.8. The quantitative estimate of drug-likeness (QED) is 0.238. The van der Waals surface area contributed by atoms with Gasteiger partial charge in [0.15, 0.2) is 11.5 Å². The van der Waals surface area contributed by atoms with E-state index in [9.17, 15) is 9.59 Å². The van der Waals surface area contributed by atoms with Gasteiger partial charge < -0.3 is 23.8 Å². The number of amides is 2. The number of benzene rings is 2. The van der Waals surface area contributed by atoms with Crippen molar-refractivity contribution < 1.29 is 28.5 Å². The minimum absolute atomic E-state index is 0.0606. The molecule has 2 heterocycles. The Balaban J connectivity index is 1.76. The van der Waals surface area contributed by atoms with Gasteiger partial charge in [-0.1, -0.05) is 40.7 Å². The molecule has 0 N–H and O–H groups in total. The van der Waals surface area contributed by atoms with Crippen molar-refractivity contribution in [3.63, 3.8) is 0 Å². The SMILES string of the molecule is C=CCOC(=O)N1C[C@@H]2CC(c3cccc(OC)c3)=CN2C(=O)c2cc(OC)c(OCCCBr)cc21. The van der Waals surface area contributed by atoms with E-state index >= 15 is 0 Å². The Morgan fingerprint density at radius 1 is 1.19 bits per heavy atom. The van der Waals surface area contributed by atoms with Gasteiger partial charge in [0.25, 0.3) is 5.91 Å². The number of rotatable bonds is 9. The van der Waals surface area contributed by atoms with Crippen LogP contribution in [0.3, 0.4) is 0 Å². The van der Waals surface area contributed by atoms with Gasteiger partial charge in [0.1, 0.15) is 12.4 Å². The van der Waals surface area contributed by atoms with E-state index in [0.29, 0.717) is 35.8 Å². The van der Waals surface area contributed by atoms with Crippen LogP contribution in [0.15, 0.2) is 55.3 Å². The number of fused-ring (bicyclic) bond motifs is 2. The lowest BCUT2D eigenvalue weighted by atomic mass is 10.0. The van der Waals surface area contributed by atoms with E-state index in [4.69, 9.17) is 18.9 Å². The van der Waals surface area contributed by atoms with Crippen LogP contribution in [0.4, 0.5) is 10.5 Å². The molecule has 190 valence electrons. The lowest BCUT2D eigenvalue weighted by Gasteiger charge is -2.26. The zero-order valence-corrected chi connectivity index (χ0v) is 22.0. The number of anilines is 1. The molecule has 0 radical (unpaired) electrons. The molecule has 9 heteroatoms. The zero-order chi connectivity index (χ0) is 25.7. The molecule has 0 fully saturated rings. The Kier molecular flexibility index (Phi) is 8.20. The van der Waals surface area contributed by atoms with Gasteiger partial charge in [-0.05, 0) is 42.2 Å². The maximum atomic E-state index is 13.8. The molecular weight excluding hydrogens is 528 g/mol. The first-order valence-electron chi connectivity index (χ1n) is 11.6. The minimum Gasteiger partial charge on any atom is -0.497 e. The van der Waals surface area contributed by atoms with Crippen molar-refractivity contribution in [3.8, 4) is 17.2 Å². The second-order valence-electron chi connectivity index (χ2n) is 8.34. The molecule has 0 aliphatic carbocycles. The van der Waals surface area contributed by atoms with Crippen molar-refractivity contribution >= 4 is 39.2 Å². The summed E-state index contributed by atoms with van der Waals surface area (Å²) in [6, 6.07) is 10.8. The first-order valence-corrected chi connectivity index (χ1v) is 12.8. The molecular formula is C27H29BrN2O6. The summed E-state index contributed by atoms with van der Waals surface area (Å²) in [6.07, 6.45) is 4.17. The molecule has 0 aromatic heterocycles. The fourth-order valence-corrected chi connectivity index (χ4v) is 4.58. The van der Waals surface area contributed by atoms with Crippen LogP contribution in [-0.2, 0) is 4.74 Å². The fraction of sp³-hybridized carbons (Fsp3) is 0.333. The summed E-state index contributed by atoms with van der Waals surface area (Å²) >= 11 is 3.40. The Morgan fingerprint density at radius 2 is 2.03 bits per heavy atom. The van der Waals surface area contributed by atoms with Gasteiger partial charge in [0, 0.05) is 17.6 Å².